The van der Waals surface area contributed by atoms with Gasteiger partial charge in [0.15, 0.2) is 16.9 Å². The van der Waals surface area contributed by atoms with Crippen LogP contribution in [0.2, 0.25) is 0 Å². The predicted molar refractivity (Wildman–Crippen MR) is 82.4 cm³/mol. The molecule has 1 aromatic carbocycles. The first kappa shape index (κ1) is 14.6. The first-order chi connectivity index (χ1) is 10.9. The number of hydrogen-bond acceptors (Lipinski definition) is 5. The number of aryl methyl sites for hydroxylation is 1. The minimum absolute atomic E-state index is 0.0742. The number of rotatable bonds is 1. The Labute approximate surface area is 131 Å². The van der Waals surface area contributed by atoms with E-state index in [9.17, 15) is 15.0 Å². The van der Waals surface area contributed by atoms with Crippen LogP contribution in [0.4, 0.5) is 5.69 Å². The van der Waals surface area contributed by atoms with Crippen molar-refractivity contribution in [3.05, 3.63) is 51.7 Å². The number of phenols is 1. The second-order valence-corrected chi connectivity index (χ2v) is 5.27. The topological polar surface area (TPSA) is 122 Å². The molecule has 0 saturated carbocycles. The van der Waals surface area contributed by atoms with Crippen LogP contribution in [-0.2, 0) is 0 Å². The Bertz CT molecular complexity index is 999. The van der Waals surface area contributed by atoms with Crippen molar-refractivity contribution in [1.82, 2.24) is 0 Å². The van der Waals surface area contributed by atoms with Gasteiger partial charge in [-0.15, -0.1) is 0 Å². The van der Waals surface area contributed by atoms with E-state index in [0.717, 1.165) is 0 Å². The quantitative estimate of drug-likeness (QED) is 0.633. The van der Waals surface area contributed by atoms with Gasteiger partial charge >= 0.3 is 0 Å². The summed E-state index contributed by atoms with van der Waals surface area (Å²) in [4.78, 5) is 11.9. The number of quaternary nitrogens is 1. The van der Waals surface area contributed by atoms with Gasteiger partial charge < -0.3 is 20.4 Å². The number of nitriles is 1. The van der Waals surface area contributed by atoms with E-state index in [4.69, 9.17) is 9.68 Å². The fraction of sp³-hybridized carbons (Fsp3) is 0.0588. The monoisotopic (exact) mass is 309 g/mol. The Kier molecular flexibility index (Phi) is 3.28. The van der Waals surface area contributed by atoms with Crippen molar-refractivity contribution < 1.29 is 20.4 Å². The Morgan fingerprint density at radius 1 is 1.17 bits per heavy atom. The summed E-state index contributed by atoms with van der Waals surface area (Å²) in [6, 6.07) is 9.17. The molecular weight excluding hydrogens is 296 g/mol. The highest BCUT2D eigenvalue weighted by Crippen LogP contribution is 2.38. The van der Waals surface area contributed by atoms with Crippen molar-refractivity contribution in [3.8, 4) is 40.2 Å². The van der Waals surface area contributed by atoms with E-state index in [2.05, 4.69) is 5.73 Å². The fourth-order valence-corrected chi connectivity index (χ4v) is 2.45. The van der Waals surface area contributed by atoms with Crippen LogP contribution in [0.5, 0.6) is 11.5 Å². The van der Waals surface area contributed by atoms with Crippen molar-refractivity contribution in [2.45, 2.75) is 6.92 Å². The predicted octanol–water partition coefficient (Wildman–Crippen LogP) is 1.88. The SMILES string of the molecule is Cc1cc(-c2oc3cc([NH3+])cc(=O)c-3cc2O)cc(C#N)c1O. The molecule has 0 atom stereocenters. The number of nitrogens with zero attached hydrogens (tertiary/aromatic N) is 1. The molecule has 0 amide bonds. The number of fused-ring (bicyclic) bond motifs is 1. The second kappa shape index (κ2) is 5.16. The number of benzene rings is 2. The maximum atomic E-state index is 11.9. The van der Waals surface area contributed by atoms with Crippen molar-refractivity contribution in [1.29, 1.82) is 5.26 Å². The molecule has 6 nitrogen and oxygen atoms in total. The van der Waals surface area contributed by atoms with Crippen LogP contribution < -0.4 is 11.2 Å². The van der Waals surface area contributed by atoms with Gasteiger partial charge in [0.2, 0.25) is 0 Å². The highest BCUT2D eigenvalue weighted by atomic mass is 16.4. The summed E-state index contributed by atoms with van der Waals surface area (Å²) in [5.74, 6) is 0.0699. The zero-order valence-electron chi connectivity index (χ0n) is 12.3. The average molecular weight is 309 g/mol. The lowest BCUT2D eigenvalue weighted by atomic mass is 10.0. The number of aromatic hydroxyl groups is 2. The minimum atomic E-state index is -0.294. The fourth-order valence-electron chi connectivity index (χ4n) is 2.45. The van der Waals surface area contributed by atoms with Gasteiger partial charge in [-0.2, -0.15) is 5.26 Å². The van der Waals surface area contributed by atoms with E-state index >= 15 is 0 Å². The third-order valence-electron chi connectivity index (χ3n) is 3.57. The smallest absolute Gasteiger partial charge is 0.195 e. The molecule has 1 aliphatic heterocycles. The molecule has 0 unspecified atom stereocenters. The van der Waals surface area contributed by atoms with E-state index in [1.54, 1.807) is 19.1 Å². The molecule has 1 heterocycles. The Morgan fingerprint density at radius 3 is 2.61 bits per heavy atom. The van der Waals surface area contributed by atoms with E-state index in [1.165, 1.54) is 18.2 Å². The molecule has 2 aliphatic rings. The largest absolute Gasteiger partial charge is 0.506 e. The highest BCUT2D eigenvalue weighted by molar-refractivity contribution is 5.74. The lowest BCUT2D eigenvalue weighted by Gasteiger charge is -2.11. The van der Waals surface area contributed by atoms with Crippen molar-refractivity contribution in [2.24, 2.45) is 0 Å². The lowest BCUT2D eigenvalue weighted by molar-refractivity contribution is -0.254. The average Bonchev–Trinajstić information content (AvgIpc) is 2.50. The highest BCUT2D eigenvalue weighted by Gasteiger charge is 2.19. The summed E-state index contributed by atoms with van der Waals surface area (Å²) in [7, 11) is 0. The van der Waals surface area contributed by atoms with Gasteiger partial charge in [-0.05, 0) is 30.7 Å². The summed E-state index contributed by atoms with van der Waals surface area (Å²) in [5, 5.41) is 29.1. The van der Waals surface area contributed by atoms with Crippen LogP contribution in [0, 0.1) is 18.3 Å². The normalized spacial score (nSPS) is 10.7. The van der Waals surface area contributed by atoms with Gasteiger partial charge in [0, 0.05) is 17.7 Å². The molecule has 6 heteroatoms. The van der Waals surface area contributed by atoms with E-state index in [-0.39, 0.29) is 33.8 Å². The molecule has 0 aromatic heterocycles. The standard InChI is InChI=1S/C17H12N2O4/c1-8-2-9(3-10(7-18)16(8)22)17-14(21)6-12-13(20)4-11(19)5-15(12)23-17/h2-6,21-22H,19H2,1H3/p+1. The maximum absolute atomic E-state index is 11.9. The van der Waals surface area contributed by atoms with E-state index < -0.39 is 0 Å². The number of phenolic OH excluding ortho intramolecular Hbond substituents is 1. The van der Waals surface area contributed by atoms with Crippen LogP contribution in [0.3, 0.4) is 0 Å². The summed E-state index contributed by atoms with van der Waals surface area (Å²) in [6.07, 6.45) is 0. The van der Waals surface area contributed by atoms with Crippen molar-refractivity contribution >= 4 is 5.69 Å². The van der Waals surface area contributed by atoms with Crippen LogP contribution >= 0.6 is 0 Å². The van der Waals surface area contributed by atoms with Crippen LogP contribution in [0.25, 0.3) is 22.6 Å². The Balaban J connectivity index is 2.32. The van der Waals surface area contributed by atoms with Gasteiger partial charge in [0.1, 0.15) is 23.3 Å². The Morgan fingerprint density at radius 2 is 1.91 bits per heavy atom. The third-order valence-corrected chi connectivity index (χ3v) is 3.57. The second-order valence-electron chi connectivity index (χ2n) is 5.27. The molecule has 0 saturated heterocycles. The molecule has 0 spiro atoms. The Hall–Kier alpha value is -3.30. The third kappa shape index (κ3) is 2.39. The van der Waals surface area contributed by atoms with Gasteiger partial charge in [0.25, 0.3) is 0 Å². The summed E-state index contributed by atoms with van der Waals surface area (Å²) in [5.41, 5.74) is 5.14. The molecule has 0 bridgehead atoms. The molecule has 5 N–H and O–H groups in total. The summed E-state index contributed by atoms with van der Waals surface area (Å²) >= 11 is 0. The summed E-state index contributed by atoms with van der Waals surface area (Å²) in [6.45, 7) is 1.64. The van der Waals surface area contributed by atoms with E-state index in [0.29, 0.717) is 22.6 Å². The lowest BCUT2D eigenvalue weighted by Crippen LogP contribution is -2.41. The first-order valence-corrected chi connectivity index (χ1v) is 6.77. The molecule has 0 radical (unpaired) electrons. The van der Waals surface area contributed by atoms with Gasteiger partial charge in [-0.1, -0.05) is 0 Å². The molecule has 1 aromatic rings. The van der Waals surface area contributed by atoms with Crippen LogP contribution in [0.1, 0.15) is 11.1 Å². The van der Waals surface area contributed by atoms with Crippen LogP contribution in [-0.4, -0.2) is 10.2 Å². The zero-order valence-corrected chi connectivity index (χ0v) is 12.3. The minimum Gasteiger partial charge on any atom is -0.506 e. The van der Waals surface area contributed by atoms with E-state index in [1.807, 2.05) is 6.07 Å². The van der Waals surface area contributed by atoms with Crippen molar-refractivity contribution in [3.63, 3.8) is 0 Å². The zero-order chi connectivity index (χ0) is 16.7. The molecule has 23 heavy (non-hydrogen) atoms. The summed E-state index contributed by atoms with van der Waals surface area (Å²) < 4.78 is 5.65. The van der Waals surface area contributed by atoms with Gasteiger partial charge in [-0.3, -0.25) is 4.79 Å². The molecule has 0 fully saturated rings. The van der Waals surface area contributed by atoms with Gasteiger partial charge in [-0.25, -0.2) is 0 Å². The maximum Gasteiger partial charge on any atom is 0.195 e. The molecule has 1 aliphatic carbocycles. The molecule has 3 rings (SSSR count). The van der Waals surface area contributed by atoms with Gasteiger partial charge in [0.05, 0.1) is 11.1 Å². The number of hydrogen-bond donors (Lipinski definition) is 3. The first-order valence-electron chi connectivity index (χ1n) is 6.77. The molecular formula is C17H13N2O4+. The van der Waals surface area contributed by atoms with Crippen molar-refractivity contribution in [2.75, 3.05) is 0 Å². The molecule has 114 valence electrons. The van der Waals surface area contributed by atoms with Crippen LogP contribution in [0.15, 0.2) is 39.5 Å².